The molecule has 1 rings (SSSR count). The van der Waals surface area contributed by atoms with E-state index in [1.165, 1.54) is 17.2 Å². The standard InChI is InChI=1S/C11H11BrN2O3/c1-2-6-14(7-9(15)16)11(17)8-4-3-5-13-10(8)12/h2-5H,1,6-7H2,(H,15,16). The summed E-state index contributed by atoms with van der Waals surface area (Å²) in [6.07, 6.45) is 3.01. The molecule has 1 amide bonds. The second-order valence-electron chi connectivity index (χ2n) is 3.21. The minimum absolute atomic E-state index is 0.173. The van der Waals surface area contributed by atoms with Gasteiger partial charge in [-0.3, -0.25) is 9.59 Å². The van der Waals surface area contributed by atoms with Crippen LogP contribution in [0.5, 0.6) is 0 Å². The molecule has 5 nitrogen and oxygen atoms in total. The number of carboxylic acids is 1. The van der Waals surface area contributed by atoms with Crippen molar-refractivity contribution < 1.29 is 14.7 Å². The normalized spacial score (nSPS) is 9.71. The number of rotatable bonds is 5. The first kappa shape index (κ1) is 13.4. The second-order valence-corrected chi connectivity index (χ2v) is 3.96. The van der Waals surface area contributed by atoms with Crippen LogP contribution in [-0.2, 0) is 4.79 Å². The van der Waals surface area contributed by atoms with E-state index in [1.807, 2.05) is 0 Å². The number of carbonyl (C=O) groups is 2. The number of hydrogen-bond donors (Lipinski definition) is 1. The molecule has 1 N–H and O–H groups in total. The molecular weight excluding hydrogens is 288 g/mol. The third-order valence-corrected chi connectivity index (χ3v) is 2.58. The molecule has 0 aliphatic carbocycles. The summed E-state index contributed by atoms with van der Waals surface area (Å²) in [5.74, 6) is -1.47. The van der Waals surface area contributed by atoms with Gasteiger partial charge in [0.25, 0.3) is 5.91 Å². The average molecular weight is 299 g/mol. The molecule has 90 valence electrons. The van der Waals surface area contributed by atoms with Gasteiger partial charge in [-0.2, -0.15) is 0 Å². The van der Waals surface area contributed by atoms with Crippen LogP contribution in [0.25, 0.3) is 0 Å². The summed E-state index contributed by atoms with van der Waals surface area (Å²) in [5, 5.41) is 8.72. The van der Waals surface area contributed by atoms with E-state index in [0.29, 0.717) is 10.2 Å². The van der Waals surface area contributed by atoms with Crippen LogP contribution in [-0.4, -0.2) is 40.0 Å². The molecule has 1 aromatic rings. The molecule has 0 radical (unpaired) electrons. The highest BCUT2D eigenvalue weighted by molar-refractivity contribution is 9.10. The summed E-state index contributed by atoms with van der Waals surface area (Å²) < 4.78 is 0.393. The fourth-order valence-electron chi connectivity index (χ4n) is 1.25. The maximum atomic E-state index is 12.0. The molecule has 0 aliphatic rings. The molecule has 0 saturated heterocycles. The molecular formula is C11H11BrN2O3. The average Bonchev–Trinajstić information content (AvgIpc) is 2.28. The fourth-order valence-corrected chi connectivity index (χ4v) is 1.67. The SMILES string of the molecule is C=CCN(CC(=O)O)C(=O)c1cccnc1Br. The summed E-state index contributed by atoms with van der Waals surface area (Å²) in [4.78, 5) is 27.8. The van der Waals surface area contributed by atoms with Gasteiger partial charge in [0.1, 0.15) is 11.1 Å². The van der Waals surface area contributed by atoms with E-state index in [9.17, 15) is 9.59 Å². The van der Waals surface area contributed by atoms with Gasteiger partial charge >= 0.3 is 5.97 Å². The van der Waals surface area contributed by atoms with Gasteiger partial charge in [0.15, 0.2) is 0 Å². The van der Waals surface area contributed by atoms with Gasteiger partial charge in [0.05, 0.1) is 5.56 Å². The number of amides is 1. The van der Waals surface area contributed by atoms with Gasteiger partial charge in [-0.15, -0.1) is 6.58 Å². The van der Waals surface area contributed by atoms with Crippen molar-refractivity contribution in [3.63, 3.8) is 0 Å². The lowest BCUT2D eigenvalue weighted by Crippen LogP contribution is -2.36. The third-order valence-electron chi connectivity index (χ3n) is 1.95. The Kier molecular flexibility index (Phi) is 4.84. The lowest BCUT2D eigenvalue weighted by molar-refractivity contribution is -0.137. The Morgan fingerprint density at radius 2 is 2.29 bits per heavy atom. The van der Waals surface area contributed by atoms with Crippen LogP contribution in [0.4, 0.5) is 0 Å². The van der Waals surface area contributed by atoms with Gasteiger partial charge in [0.2, 0.25) is 0 Å². The zero-order valence-electron chi connectivity index (χ0n) is 8.97. The van der Waals surface area contributed by atoms with E-state index in [2.05, 4.69) is 27.5 Å². The summed E-state index contributed by atoms with van der Waals surface area (Å²) >= 11 is 3.15. The number of carbonyl (C=O) groups excluding carboxylic acids is 1. The molecule has 17 heavy (non-hydrogen) atoms. The maximum absolute atomic E-state index is 12.0. The summed E-state index contributed by atoms with van der Waals surface area (Å²) in [6.45, 7) is 3.30. The molecule has 0 unspecified atom stereocenters. The van der Waals surface area contributed by atoms with E-state index >= 15 is 0 Å². The molecule has 0 spiro atoms. The Morgan fingerprint density at radius 3 is 2.82 bits per heavy atom. The molecule has 0 fully saturated rings. The quantitative estimate of drug-likeness (QED) is 0.661. The lowest BCUT2D eigenvalue weighted by atomic mass is 10.2. The highest BCUT2D eigenvalue weighted by Gasteiger charge is 2.19. The smallest absolute Gasteiger partial charge is 0.323 e. The number of nitrogens with zero attached hydrogens (tertiary/aromatic N) is 2. The van der Waals surface area contributed by atoms with Crippen molar-refractivity contribution in [2.75, 3.05) is 13.1 Å². The van der Waals surface area contributed by atoms with Gasteiger partial charge in [-0.1, -0.05) is 6.08 Å². The van der Waals surface area contributed by atoms with Gasteiger partial charge in [-0.25, -0.2) is 4.98 Å². The Morgan fingerprint density at radius 1 is 1.59 bits per heavy atom. The Balaban J connectivity index is 2.95. The van der Waals surface area contributed by atoms with E-state index < -0.39 is 11.9 Å². The van der Waals surface area contributed by atoms with Crippen molar-refractivity contribution in [1.82, 2.24) is 9.88 Å². The summed E-state index contributed by atoms with van der Waals surface area (Å²) in [6, 6.07) is 3.20. The van der Waals surface area contributed by atoms with Crippen molar-refractivity contribution >= 4 is 27.8 Å². The molecule has 0 atom stereocenters. The Hall–Kier alpha value is -1.69. The van der Waals surface area contributed by atoms with Crippen LogP contribution >= 0.6 is 15.9 Å². The van der Waals surface area contributed by atoms with Crippen molar-refractivity contribution in [3.05, 3.63) is 41.2 Å². The number of aromatic nitrogens is 1. The number of hydrogen-bond acceptors (Lipinski definition) is 3. The van der Waals surface area contributed by atoms with Crippen LogP contribution in [0.2, 0.25) is 0 Å². The van der Waals surface area contributed by atoms with Crippen LogP contribution in [0, 0.1) is 0 Å². The van der Waals surface area contributed by atoms with Crippen LogP contribution in [0.15, 0.2) is 35.6 Å². The Bertz CT molecular complexity index is 448. The molecule has 0 bridgehead atoms. The monoisotopic (exact) mass is 298 g/mol. The fraction of sp³-hybridized carbons (Fsp3) is 0.182. The zero-order chi connectivity index (χ0) is 12.8. The number of carboxylic acid groups (broad SMARTS) is 1. The highest BCUT2D eigenvalue weighted by Crippen LogP contribution is 2.14. The van der Waals surface area contributed by atoms with Gasteiger partial charge < -0.3 is 10.0 Å². The second kappa shape index (κ2) is 6.15. The van der Waals surface area contributed by atoms with E-state index in [0.717, 1.165) is 0 Å². The van der Waals surface area contributed by atoms with Gasteiger partial charge in [0, 0.05) is 12.7 Å². The van der Waals surface area contributed by atoms with Crippen LogP contribution < -0.4 is 0 Å². The third kappa shape index (κ3) is 3.67. The predicted molar refractivity (Wildman–Crippen MR) is 65.7 cm³/mol. The van der Waals surface area contributed by atoms with Gasteiger partial charge in [-0.05, 0) is 28.1 Å². The molecule has 0 aliphatic heterocycles. The minimum Gasteiger partial charge on any atom is -0.480 e. The Labute approximate surface area is 107 Å². The van der Waals surface area contributed by atoms with Crippen molar-refractivity contribution in [2.45, 2.75) is 0 Å². The molecule has 1 heterocycles. The number of pyridine rings is 1. The number of halogens is 1. The molecule has 0 aromatic carbocycles. The predicted octanol–water partition coefficient (Wildman–Crippen LogP) is 1.56. The maximum Gasteiger partial charge on any atom is 0.323 e. The summed E-state index contributed by atoms with van der Waals surface area (Å²) in [5.41, 5.74) is 0.329. The molecule has 1 aromatic heterocycles. The highest BCUT2D eigenvalue weighted by atomic mass is 79.9. The van der Waals surface area contributed by atoms with Crippen molar-refractivity contribution in [3.8, 4) is 0 Å². The zero-order valence-corrected chi connectivity index (χ0v) is 10.6. The molecule has 6 heteroatoms. The first-order chi connectivity index (χ1) is 8.06. The van der Waals surface area contributed by atoms with E-state index in [4.69, 9.17) is 5.11 Å². The topological polar surface area (TPSA) is 70.5 Å². The minimum atomic E-state index is -1.07. The first-order valence-corrected chi connectivity index (χ1v) is 5.58. The van der Waals surface area contributed by atoms with E-state index in [-0.39, 0.29) is 13.1 Å². The lowest BCUT2D eigenvalue weighted by Gasteiger charge is -2.19. The van der Waals surface area contributed by atoms with Crippen LogP contribution in [0.1, 0.15) is 10.4 Å². The summed E-state index contributed by atoms with van der Waals surface area (Å²) in [7, 11) is 0. The largest absolute Gasteiger partial charge is 0.480 e. The first-order valence-electron chi connectivity index (χ1n) is 4.78. The molecule has 0 saturated carbocycles. The van der Waals surface area contributed by atoms with Crippen molar-refractivity contribution in [1.29, 1.82) is 0 Å². The number of aliphatic carboxylic acids is 1. The van der Waals surface area contributed by atoms with E-state index in [1.54, 1.807) is 12.1 Å². The van der Waals surface area contributed by atoms with Crippen LogP contribution in [0.3, 0.4) is 0 Å². The van der Waals surface area contributed by atoms with Crippen molar-refractivity contribution in [2.24, 2.45) is 0 Å².